The van der Waals surface area contributed by atoms with E-state index in [1.165, 1.54) is 0 Å². The van der Waals surface area contributed by atoms with Gasteiger partial charge in [-0.15, -0.1) is 0 Å². The molecule has 0 aliphatic heterocycles. The first-order chi connectivity index (χ1) is 5.80. The molecule has 0 aromatic carbocycles. The lowest BCUT2D eigenvalue weighted by Crippen LogP contribution is -2.34. The summed E-state index contributed by atoms with van der Waals surface area (Å²) in [5, 5.41) is 16.5. The van der Waals surface area contributed by atoms with Crippen molar-refractivity contribution in [1.82, 2.24) is 0 Å². The number of carboxylic acid groups (broad SMARTS) is 2. The summed E-state index contributed by atoms with van der Waals surface area (Å²) in [5.74, 6) is -10.6. The Hall–Kier alpha value is -1.24. The minimum Gasteiger partial charge on any atom is -0.481 e. The Morgan fingerprint density at radius 2 is 1.85 bits per heavy atom. The van der Waals surface area contributed by atoms with Crippen molar-refractivity contribution in [2.45, 2.75) is 12.0 Å². The average Bonchev–Trinajstić information content (AvgIpc) is 2.51. The molecular formula is C6H7F2NO4. The van der Waals surface area contributed by atoms with Crippen molar-refractivity contribution in [1.29, 1.82) is 0 Å². The van der Waals surface area contributed by atoms with Gasteiger partial charge in [-0.3, -0.25) is 9.59 Å². The van der Waals surface area contributed by atoms with Crippen molar-refractivity contribution in [2.75, 3.05) is 0 Å². The maximum atomic E-state index is 12.6. The number of halogens is 2. The predicted molar refractivity (Wildman–Crippen MR) is 35.2 cm³/mol. The van der Waals surface area contributed by atoms with E-state index in [2.05, 4.69) is 0 Å². The Morgan fingerprint density at radius 3 is 2.08 bits per heavy atom. The minimum atomic E-state index is -3.50. The van der Waals surface area contributed by atoms with Crippen LogP contribution in [-0.2, 0) is 9.59 Å². The van der Waals surface area contributed by atoms with Crippen LogP contribution in [0.3, 0.4) is 0 Å². The highest BCUT2D eigenvalue weighted by Gasteiger charge is 2.75. The van der Waals surface area contributed by atoms with Gasteiger partial charge in [0.05, 0.1) is 5.92 Å². The fourth-order valence-corrected chi connectivity index (χ4v) is 1.27. The first-order valence-corrected chi connectivity index (χ1v) is 3.39. The van der Waals surface area contributed by atoms with E-state index in [4.69, 9.17) is 15.9 Å². The molecule has 0 unspecified atom stereocenters. The standard InChI is InChI=1S/C6H7F2NO4/c7-6(8)1(2(6)4(10)11)3(9)5(12)13/h1-3H,9H2,(H,10,11)(H,12,13)/t1-,2+,3-/m1/s1. The molecule has 13 heavy (non-hydrogen) atoms. The molecule has 7 heteroatoms. The molecule has 0 amide bonds. The molecular weight excluding hydrogens is 188 g/mol. The number of alkyl halides is 2. The van der Waals surface area contributed by atoms with Crippen LogP contribution in [0.4, 0.5) is 8.78 Å². The SMILES string of the molecule is N[C@@H](C(=O)O)[C@H]1[C@@H](C(=O)O)C1(F)F. The lowest BCUT2D eigenvalue weighted by Gasteiger charge is -2.02. The van der Waals surface area contributed by atoms with Crippen molar-refractivity contribution < 1.29 is 28.6 Å². The zero-order valence-electron chi connectivity index (χ0n) is 6.28. The van der Waals surface area contributed by atoms with Crippen molar-refractivity contribution in [3.63, 3.8) is 0 Å². The summed E-state index contributed by atoms with van der Waals surface area (Å²) < 4.78 is 25.2. The van der Waals surface area contributed by atoms with E-state index >= 15 is 0 Å². The van der Waals surface area contributed by atoms with Gasteiger partial charge >= 0.3 is 11.9 Å². The third-order valence-corrected chi connectivity index (χ3v) is 2.05. The first kappa shape index (κ1) is 9.85. The van der Waals surface area contributed by atoms with Gasteiger partial charge in [0.2, 0.25) is 0 Å². The summed E-state index contributed by atoms with van der Waals surface area (Å²) in [6.07, 6.45) is 0. The number of nitrogens with two attached hydrogens (primary N) is 1. The van der Waals surface area contributed by atoms with E-state index in [0.29, 0.717) is 0 Å². The molecule has 0 aromatic heterocycles. The summed E-state index contributed by atoms with van der Waals surface area (Å²) in [4.78, 5) is 20.4. The highest BCUT2D eigenvalue weighted by atomic mass is 19.3. The van der Waals surface area contributed by atoms with Gasteiger partial charge < -0.3 is 15.9 Å². The smallest absolute Gasteiger partial charge is 0.321 e. The number of rotatable bonds is 3. The Kier molecular flexibility index (Phi) is 1.99. The molecule has 1 aliphatic rings. The van der Waals surface area contributed by atoms with Gasteiger partial charge in [-0.25, -0.2) is 8.78 Å². The molecule has 1 rings (SSSR count). The Balaban J connectivity index is 2.76. The molecule has 1 fully saturated rings. The molecule has 74 valence electrons. The second-order valence-electron chi connectivity index (χ2n) is 2.88. The van der Waals surface area contributed by atoms with Gasteiger partial charge in [0.25, 0.3) is 5.92 Å². The highest BCUT2D eigenvalue weighted by Crippen LogP contribution is 2.56. The fourth-order valence-electron chi connectivity index (χ4n) is 1.27. The predicted octanol–water partition coefficient (Wildman–Crippen LogP) is -0.636. The number of aliphatic carboxylic acids is 2. The molecule has 0 spiro atoms. The topological polar surface area (TPSA) is 101 Å². The number of carboxylic acids is 2. The summed E-state index contributed by atoms with van der Waals surface area (Å²) in [6.45, 7) is 0. The van der Waals surface area contributed by atoms with E-state index < -0.39 is 35.7 Å². The van der Waals surface area contributed by atoms with Gasteiger partial charge in [-0.2, -0.15) is 0 Å². The molecule has 1 aliphatic carbocycles. The molecule has 0 aromatic rings. The van der Waals surface area contributed by atoms with Gasteiger partial charge in [-0.05, 0) is 0 Å². The van der Waals surface area contributed by atoms with Crippen LogP contribution in [0.2, 0.25) is 0 Å². The van der Waals surface area contributed by atoms with Gasteiger partial charge in [0, 0.05) is 0 Å². The third kappa shape index (κ3) is 1.35. The van der Waals surface area contributed by atoms with Crippen LogP contribution in [0.25, 0.3) is 0 Å². The van der Waals surface area contributed by atoms with Crippen molar-refractivity contribution in [2.24, 2.45) is 17.6 Å². The van der Waals surface area contributed by atoms with E-state index in [-0.39, 0.29) is 0 Å². The molecule has 0 bridgehead atoms. The van der Waals surface area contributed by atoms with Crippen LogP contribution < -0.4 is 5.73 Å². The van der Waals surface area contributed by atoms with E-state index in [1.54, 1.807) is 0 Å². The monoisotopic (exact) mass is 195 g/mol. The summed E-state index contributed by atoms with van der Waals surface area (Å²) >= 11 is 0. The van der Waals surface area contributed by atoms with Crippen LogP contribution in [0.15, 0.2) is 0 Å². The molecule has 3 atom stereocenters. The van der Waals surface area contributed by atoms with Crippen molar-refractivity contribution in [3.05, 3.63) is 0 Å². The Labute approximate surface area is 71.1 Å². The van der Waals surface area contributed by atoms with E-state index in [1.807, 2.05) is 0 Å². The quantitative estimate of drug-likeness (QED) is 0.556. The average molecular weight is 195 g/mol. The summed E-state index contributed by atoms with van der Waals surface area (Å²) in [6, 6.07) is -1.82. The van der Waals surface area contributed by atoms with E-state index in [9.17, 15) is 18.4 Å². The van der Waals surface area contributed by atoms with Crippen LogP contribution in [0.1, 0.15) is 0 Å². The molecule has 4 N–H and O–H groups in total. The number of hydrogen-bond donors (Lipinski definition) is 3. The lowest BCUT2D eigenvalue weighted by atomic mass is 10.1. The Bertz CT molecular complexity index is 267. The van der Waals surface area contributed by atoms with Gasteiger partial charge in [0.15, 0.2) is 0 Å². The molecule has 0 radical (unpaired) electrons. The fraction of sp³-hybridized carbons (Fsp3) is 0.667. The number of carbonyl (C=O) groups is 2. The van der Waals surface area contributed by atoms with Gasteiger partial charge in [0.1, 0.15) is 12.0 Å². The zero-order valence-corrected chi connectivity index (χ0v) is 6.28. The van der Waals surface area contributed by atoms with Gasteiger partial charge in [-0.1, -0.05) is 0 Å². The maximum Gasteiger partial charge on any atom is 0.321 e. The molecule has 1 saturated carbocycles. The molecule has 5 nitrogen and oxygen atoms in total. The maximum absolute atomic E-state index is 12.6. The molecule has 0 heterocycles. The second kappa shape index (κ2) is 2.63. The van der Waals surface area contributed by atoms with Crippen molar-refractivity contribution >= 4 is 11.9 Å². The third-order valence-electron chi connectivity index (χ3n) is 2.05. The first-order valence-electron chi connectivity index (χ1n) is 3.39. The van der Waals surface area contributed by atoms with Crippen LogP contribution in [0, 0.1) is 11.8 Å². The normalized spacial score (nSPS) is 32.2. The largest absolute Gasteiger partial charge is 0.481 e. The van der Waals surface area contributed by atoms with Crippen molar-refractivity contribution in [3.8, 4) is 0 Å². The number of hydrogen-bond acceptors (Lipinski definition) is 3. The molecule has 0 saturated heterocycles. The highest BCUT2D eigenvalue weighted by molar-refractivity contribution is 5.81. The van der Waals surface area contributed by atoms with Crippen LogP contribution >= 0.6 is 0 Å². The summed E-state index contributed by atoms with van der Waals surface area (Å²) in [5.41, 5.74) is 4.88. The lowest BCUT2D eigenvalue weighted by molar-refractivity contribution is -0.141. The van der Waals surface area contributed by atoms with E-state index in [0.717, 1.165) is 0 Å². The second-order valence-corrected chi connectivity index (χ2v) is 2.88. The zero-order chi connectivity index (χ0) is 10.4. The van der Waals surface area contributed by atoms with Crippen LogP contribution in [-0.4, -0.2) is 34.1 Å². The van der Waals surface area contributed by atoms with Crippen LogP contribution in [0.5, 0.6) is 0 Å². The summed E-state index contributed by atoms with van der Waals surface area (Å²) in [7, 11) is 0. The Morgan fingerprint density at radius 1 is 1.38 bits per heavy atom. The minimum absolute atomic E-state index is 1.62.